The highest BCUT2D eigenvalue weighted by Crippen LogP contribution is 2.27. The number of hydrogen-bond donors (Lipinski definition) is 2. The van der Waals surface area contributed by atoms with Crippen LogP contribution in [0.25, 0.3) is 0 Å². The lowest BCUT2D eigenvalue weighted by molar-refractivity contribution is 0.242. The van der Waals surface area contributed by atoms with Crippen LogP contribution in [0.15, 0.2) is 52.5 Å². The standard InChI is InChI=1S/C19H26FN5O/c1-5-9-25-10-8-15(4)21-13-22-19(12-23-25)24-17-7-6-16(20)11-18(17)26-14(2)3/h6-8,10-14,23-24H,5,9H2,1-4H3/b10-8-,19-12-,21-15?,22-13?. The highest BCUT2D eigenvalue weighted by Gasteiger charge is 2.09. The van der Waals surface area contributed by atoms with Gasteiger partial charge in [-0.05, 0) is 45.4 Å². The summed E-state index contributed by atoms with van der Waals surface area (Å²) in [6, 6.07) is 4.36. The lowest BCUT2D eigenvalue weighted by Crippen LogP contribution is -2.30. The van der Waals surface area contributed by atoms with E-state index in [2.05, 4.69) is 27.7 Å². The molecule has 26 heavy (non-hydrogen) atoms. The number of ether oxygens (including phenoxy) is 1. The van der Waals surface area contributed by atoms with E-state index in [1.54, 1.807) is 12.3 Å². The lowest BCUT2D eigenvalue weighted by atomic mass is 10.2. The first-order valence-electron chi connectivity index (χ1n) is 8.69. The van der Waals surface area contributed by atoms with Crippen molar-refractivity contribution < 1.29 is 9.13 Å². The van der Waals surface area contributed by atoms with Crippen molar-refractivity contribution in [1.82, 2.24) is 10.4 Å². The van der Waals surface area contributed by atoms with E-state index in [1.807, 2.05) is 38.1 Å². The van der Waals surface area contributed by atoms with Crippen LogP contribution in [0.1, 0.15) is 34.1 Å². The molecule has 6 nitrogen and oxygen atoms in total. The van der Waals surface area contributed by atoms with Gasteiger partial charge in [-0.2, -0.15) is 0 Å². The van der Waals surface area contributed by atoms with Crippen LogP contribution in [0.2, 0.25) is 0 Å². The van der Waals surface area contributed by atoms with Crippen molar-refractivity contribution in [2.75, 3.05) is 11.9 Å². The Morgan fingerprint density at radius 3 is 2.88 bits per heavy atom. The van der Waals surface area contributed by atoms with Gasteiger partial charge in [0.15, 0.2) is 0 Å². The Morgan fingerprint density at radius 1 is 1.35 bits per heavy atom. The molecule has 1 aromatic carbocycles. The lowest BCUT2D eigenvalue weighted by Gasteiger charge is -2.21. The maximum atomic E-state index is 13.6. The molecular formula is C19H26FN5O. The molecule has 0 amide bonds. The minimum Gasteiger partial charge on any atom is -0.489 e. The van der Waals surface area contributed by atoms with Crippen LogP contribution in [0.4, 0.5) is 10.1 Å². The predicted molar refractivity (Wildman–Crippen MR) is 105 cm³/mol. The van der Waals surface area contributed by atoms with Gasteiger partial charge in [0.2, 0.25) is 0 Å². The predicted octanol–water partition coefficient (Wildman–Crippen LogP) is 4.06. The molecule has 0 fully saturated rings. The molecule has 0 aromatic heterocycles. The first-order valence-corrected chi connectivity index (χ1v) is 8.69. The number of allylic oxidation sites excluding steroid dienone is 1. The van der Waals surface area contributed by atoms with Gasteiger partial charge in [-0.15, -0.1) is 0 Å². The molecule has 1 aliphatic rings. The van der Waals surface area contributed by atoms with Gasteiger partial charge in [-0.25, -0.2) is 14.4 Å². The molecule has 0 unspecified atom stereocenters. The molecule has 2 rings (SSSR count). The number of rotatable bonds is 6. The van der Waals surface area contributed by atoms with Crippen LogP contribution in [0, 0.1) is 5.82 Å². The van der Waals surface area contributed by atoms with Crippen LogP contribution in [0.3, 0.4) is 0 Å². The molecule has 0 spiro atoms. The second-order valence-electron chi connectivity index (χ2n) is 6.11. The summed E-state index contributed by atoms with van der Waals surface area (Å²) < 4.78 is 19.3. The first-order chi connectivity index (χ1) is 12.5. The molecule has 0 atom stereocenters. The number of anilines is 1. The van der Waals surface area contributed by atoms with Crippen molar-refractivity contribution in [1.29, 1.82) is 0 Å². The van der Waals surface area contributed by atoms with E-state index in [0.29, 0.717) is 17.3 Å². The second kappa shape index (κ2) is 9.60. The summed E-state index contributed by atoms with van der Waals surface area (Å²) in [6.07, 6.45) is 7.96. The zero-order chi connectivity index (χ0) is 18.9. The summed E-state index contributed by atoms with van der Waals surface area (Å²) in [4.78, 5) is 8.60. The van der Waals surface area contributed by atoms with E-state index in [9.17, 15) is 4.39 Å². The molecule has 1 aromatic rings. The third-order valence-electron chi connectivity index (χ3n) is 3.35. The fourth-order valence-electron chi connectivity index (χ4n) is 2.18. The summed E-state index contributed by atoms with van der Waals surface area (Å²) in [5.41, 5.74) is 4.65. The molecular weight excluding hydrogens is 333 g/mol. The monoisotopic (exact) mass is 359 g/mol. The zero-order valence-electron chi connectivity index (χ0n) is 15.7. The largest absolute Gasteiger partial charge is 0.489 e. The number of nitrogens with one attached hydrogen (secondary N) is 2. The van der Waals surface area contributed by atoms with E-state index in [1.165, 1.54) is 18.5 Å². The van der Waals surface area contributed by atoms with Crippen molar-refractivity contribution in [3.8, 4) is 5.75 Å². The summed E-state index contributed by atoms with van der Waals surface area (Å²) in [5, 5.41) is 5.11. The molecule has 0 saturated carbocycles. The van der Waals surface area contributed by atoms with Crippen LogP contribution in [-0.2, 0) is 0 Å². The summed E-state index contributed by atoms with van der Waals surface area (Å²) >= 11 is 0. The minimum absolute atomic E-state index is 0.0746. The third kappa shape index (κ3) is 6.23. The number of hydrazine groups is 1. The molecule has 0 bridgehead atoms. The van der Waals surface area contributed by atoms with Crippen molar-refractivity contribution in [2.45, 2.75) is 40.2 Å². The molecule has 2 N–H and O–H groups in total. The fourth-order valence-corrected chi connectivity index (χ4v) is 2.18. The molecule has 0 aliphatic carbocycles. The Kier molecular flexibility index (Phi) is 7.20. The van der Waals surface area contributed by atoms with E-state index >= 15 is 0 Å². The van der Waals surface area contributed by atoms with Gasteiger partial charge in [-0.3, -0.25) is 5.01 Å². The van der Waals surface area contributed by atoms with Gasteiger partial charge in [0, 0.05) is 24.5 Å². The number of nitrogens with zero attached hydrogens (tertiary/aromatic N) is 3. The van der Waals surface area contributed by atoms with Gasteiger partial charge in [-0.1, -0.05) is 6.92 Å². The number of benzene rings is 1. The fraction of sp³-hybridized carbons (Fsp3) is 0.368. The Bertz CT molecular complexity index is 725. The summed E-state index contributed by atoms with van der Waals surface area (Å²) in [5.74, 6) is 0.601. The van der Waals surface area contributed by atoms with E-state index < -0.39 is 0 Å². The Labute approximate surface area is 154 Å². The van der Waals surface area contributed by atoms with Crippen molar-refractivity contribution in [3.63, 3.8) is 0 Å². The maximum absolute atomic E-state index is 13.6. The summed E-state index contributed by atoms with van der Waals surface area (Å²) in [6.45, 7) is 8.62. The third-order valence-corrected chi connectivity index (χ3v) is 3.35. The van der Waals surface area contributed by atoms with E-state index in [0.717, 1.165) is 18.7 Å². The minimum atomic E-state index is -0.354. The molecule has 140 valence electrons. The van der Waals surface area contributed by atoms with Crippen molar-refractivity contribution >= 4 is 17.7 Å². The van der Waals surface area contributed by atoms with Gasteiger partial charge < -0.3 is 15.5 Å². The van der Waals surface area contributed by atoms with Gasteiger partial charge in [0.05, 0.1) is 18.0 Å². The van der Waals surface area contributed by atoms with Crippen LogP contribution < -0.4 is 15.5 Å². The molecule has 1 aliphatic heterocycles. The smallest absolute Gasteiger partial charge is 0.150 e. The molecule has 0 radical (unpaired) electrons. The van der Waals surface area contributed by atoms with Gasteiger partial charge in [0.1, 0.15) is 23.7 Å². The van der Waals surface area contributed by atoms with Gasteiger partial charge in [0.25, 0.3) is 0 Å². The zero-order valence-corrected chi connectivity index (χ0v) is 15.7. The molecule has 0 saturated heterocycles. The Hall–Kier alpha value is -2.83. The van der Waals surface area contributed by atoms with Crippen molar-refractivity contribution in [2.24, 2.45) is 9.98 Å². The number of hydrogen-bond acceptors (Lipinski definition) is 6. The van der Waals surface area contributed by atoms with Crippen LogP contribution >= 0.6 is 0 Å². The first kappa shape index (κ1) is 19.5. The average Bonchev–Trinajstić information content (AvgIpc) is 2.58. The topological polar surface area (TPSA) is 61.2 Å². The molecule has 7 heteroatoms. The van der Waals surface area contributed by atoms with Crippen molar-refractivity contribution in [3.05, 3.63) is 48.3 Å². The molecule has 1 heterocycles. The van der Waals surface area contributed by atoms with Gasteiger partial charge >= 0.3 is 0 Å². The van der Waals surface area contributed by atoms with Crippen LogP contribution in [-0.4, -0.2) is 29.7 Å². The highest BCUT2D eigenvalue weighted by atomic mass is 19.1. The highest BCUT2D eigenvalue weighted by molar-refractivity contribution is 5.97. The van der Waals surface area contributed by atoms with E-state index in [-0.39, 0.29) is 11.9 Å². The SMILES string of the molecule is CCCN1/C=C\C(C)=NC=N/C(Nc2ccc(F)cc2OC(C)C)=C/N1. The average molecular weight is 359 g/mol. The second-order valence-corrected chi connectivity index (χ2v) is 6.11. The number of halogens is 1. The Balaban J connectivity index is 2.27. The maximum Gasteiger partial charge on any atom is 0.150 e. The van der Waals surface area contributed by atoms with E-state index in [4.69, 9.17) is 4.74 Å². The quantitative estimate of drug-likeness (QED) is 0.804. The normalized spacial score (nSPS) is 17.8. The van der Waals surface area contributed by atoms with Crippen LogP contribution in [0.5, 0.6) is 5.75 Å². The number of aliphatic imine (C=N–C) groups is 2. The Morgan fingerprint density at radius 2 is 2.15 bits per heavy atom. The summed E-state index contributed by atoms with van der Waals surface area (Å²) in [7, 11) is 0.